The topological polar surface area (TPSA) is 116 Å². The highest BCUT2D eigenvalue weighted by Gasteiger charge is 2.21. The normalized spacial score (nSPS) is 13.4. The van der Waals surface area contributed by atoms with Gasteiger partial charge >= 0.3 is 0 Å². The van der Waals surface area contributed by atoms with E-state index in [1.807, 2.05) is 0 Å². The zero-order valence-electron chi connectivity index (χ0n) is 13.4. The summed E-state index contributed by atoms with van der Waals surface area (Å²) < 4.78 is 68.5. The summed E-state index contributed by atoms with van der Waals surface area (Å²) in [5, 5.41) is 5.01. The van der Waals surface area contributed by atoms with Crippen LogP contribution < -0.4 is 14.6 Å². The number of rotatable bonds is 6. The SMILES string of the molecule is COc1ccc([C@@H](C)NS(=O)(=O)c2cccc(S(N)(=O)=O)c2)cc1F. The molecule has 3 N–H and O–H groups in total. The van der Waals surface area contributed by atoms with Gasteiger partial charge in [0.25, 0.3) is 0 Å². The van der Waals surface area contributed by atoms with Crippen LogP contribution in [0.2, 0.25) is 0 Å². The fraction of sp³-hybridized carbons (Fsp3) is 0.200. The van der Waals surface area contributed by atoms with Crippen molar-refractivity contribution in [2.24, 2.45) is 5.14 Å². The predicted molar refractivity (Wildman–Crippen MR) is 89.5 cm³/mol. The van der Waals surface area contributed by atoms with E-state index >= 15 is 0 Å². The molecule has 0 bridgehead atoms. The van der Waals surface area contributed by atoms with Crippen molar-refractivity contribution in [2.45, 2.75) is 22.8 Å². The van der Waals surface area contributed by atoms with Crippen molar-refractivity contribution in [3.63, 3.8) is 0 Å². The van der Waals surface area contributed by atoms with Crippen LogP contribution in [0.25, 0.3) is 0 Å². The Hall–Kier alpha value is -2.01. The van der Waals surface area contributed by atoms with Gasteiger partial charge < -0.3 is 4.74 Å². The van der Waals surface area contributed by atoms with Crippen LogP contribution in [0.5, 0.6) is 5.75 Å². The van der Waals surface area contributed by atoms with Gasteiger partial charge in [-0.15, -0.1) is 0 Å². The molecule has 136 valence electrons. The largest absolute Gasteiger partial charge is 0.494 e. The average Bonchev–Trinajstić information content (AvgIpc) is 2.53. The maximum absolute atomic E-state index is 13.8. The second-order valence-electron chi connectivity index (χ2n) is 5.26. The van der Waals surface area contributed by atoms with E-state index in [0.717, 1.165) is 12.1 Å². The van der Waals surface area contributed by atoms with Gasteiger partial charge in [0.15, 0.2) is 11.6 Å². The van der Waals surface area contributed by atoms with Crippen LogP contribution in [0.15, 0.2) is 52.3 Å². The quantitative estimate of drug-likeness (QED) is 0.778. The van der Waals surface area contributed by atoms with Crippen LogP contribution in [0.3, 0.4) is 0 Å². The van der Waals surface area contributed by atoms with Crippen LogP contribution in [-0.4, -0.2) is 23.9 Å². The molecular weight excluding hydrogens is 371 g/mol. The number of nitrogens with two attached hydrogens (primary N) is 1. The number of methoxy groups -OCH3 is 1. The zero-order valence-corrected chi connectivity index (χ0v) is 15.1. The van der Waals surface area contributed by atoms with Gasteiger partial charge in [-0.3, -0.25) is 0 Å². The molecule has 0 unspecified atom stereocenters. The van der Waals surface area contributed by atoms with Crippen LogP contribution in [0.1, 0.15) is 18.5 Å². The molecule has 2 rings (SSSR count). The minimum Gasteiger partial charge on any atom is -0.494 e. The molecule has 0 saturated heterocycles. The molecule has 1 atom stereocenters. The molecule has 0 spiro atoms. The minimum absolute atomic E-state index is 0.0414. The van der Waals surface area contributed by atoms with Crippen molar-refractivity contribution in [1.82, 2.24) is 4.72 Å². The summed E-state index contributed by atoms with van der Waals surface area (Å²) in [4.78, 5) is -0.585. The number of sulfonamides is 2. The molecule has 0 aliphatic rings. The minimum atomic E-state index is -4.04. The molecule has 2 aromatic rings. The molecule has 2 aromatic carbocycles. The molecule has 7 nitrogen and oxygen atoms in total. The third-order valence-electron chi connectivity index (χ3n) is 3.45. The number of halogens is 1. The molecule has 0 aromatic heterocycles. The third-order valence-corrected chi connectivity index (χ3v) is 5.90. The molecule has 0 aliphatic heterocycles. The van der Waals surface area contributed by atoms with Gasteiger partial charge in [0, 0.05) is 6.04 Å². The van der Waals surface area contributed by atoms with E-state index in [1.54, 1.807) is 0 Å². The number of hydrogen-bond donors (Lipinski definition) is 2. The lowest BCUT2D eigenvalue weighted by atomic mass is 10.1. The van der Waals surface area contributed by atoms with Crippen LogP contribution >= 0.6 is 0 Å². The summed E-state index contributed by atoms with van der Waals surface area (Å²) >= 11 is 0. The van der Waals surface area contributed by atoms with Crippen molar-refractivity contribution < 1.29 is 26.0 Å². The molecular formula is C15H17FN2O5S2. The van der Waals surface area contributed by atoms with Gasteiger partial charge in [0.05, 0.1) is 16.9 Å². The van der Waals surface area contributed by atoms with Gasteiger partial charge in [-0.25, -0.2) is 31.1 Å². The maximum Gasteiger partial charge on any atom is 0.241 e. The van der Waals surface area contributed by atoms with Crippen molar-refractivity contribution >= 4 is 20.0 Å². The standard InChI is InChI=1S/C15H17FN2O5S2/c1-10(11-6-7-15(23-2)14(16)8-11)18-25(21,22)13-5-3-4-12(9-13)24(17,19)20/h3-10,18H,1-2H3,(H2,17,19,20)/t10-/m1/s1. The van der Waals surface area contributed by atoms with Crippen molar-refractivity contribution in [2.75, 3.05) is 7.11 Å². The molecule has 0 radical (unpaired) electrons. The highest BCUT2D eigenvalue weighted by Crippen LogP contribution is 2.23. The van der Waals surface area contributed by atoms with E-state index in [4.69, 9.17) is 9.88 Å². The Bertz CT molecular complexity index is 991. The van der Waals surface area contributed by atoms with Crippen molar-refractivity contribution in [1.29, 1.82) is 0 Å². The Morgan fingerprint density at radius 2 is 1.72 bits per heavy atom. The lowest BCUT2D eigenvalue weighted by Gasteiger charge is -2.16. The van der Waals surface area contributed by atoms with E-state index in [1.165, 1.54) is 44.4 Å². The van der Waals surface area contributed by atoms with Gasteiger partial charge in [-0.1, -0.05) is 12.1 Å². The van der Waals surface area contributed by atoms with Gasteiger partial charge in [-0.05, 0) is 42.8 Å². The molecule has 25 heavy (non-hydrogen) atoms. The first-order chi connectivity index (χ1) is 11.5. The monoisotopic (exact) mass is 388 g/mol. The fourth-order valence-electron chi connectivity index (χ4n) is 2.14. The Morgan fingerprint density at radius 3 is 2.28 bits per heavy atom. The Balaban J connectivity index is 2.31. The van der Waals surface area contributed by atoms with Crippen molar-refractivity contribution in [3.8, 4) is 5.75 Å². The molecule has 0 fully saturated rings. The summed E-state index contributed by atoms with van der Waals surface area (Å²) in [5.74, 6) is -0.582. The summed E-state index contributed by atoms with van der Waals surface area (Å²) in [6, 6.07) is 7.96. The zero-order chi connectivity index (χ0) is 18.8. The molecule has 0 heterocycles. The van der Waals surface area contributed by atoms with Crippen LogP contribution in [0.4, 0.5) is 4.39 Å². The second kappa shape index (κ2) is 7.08. The third kappa shape index (κ3) is 4.54. The second-order valence-corrected chi connectivity index (χ2v) is 8.53. The summed E-state index contributed by atoms with van der Waals surface area (Å²) in [5.41, 5.74) is 0.379. The van der Waals surface area contributed by atoms with Gasteiger partial charge in [-0.2, -0.15) is 0 Å². The lowest BCUT2D eigenvalue weighted by Crippen LogP contribution is -2.27. The average molecular weight is 388 g/mol. The maximum atomic E-state index is 13.8. The van der Waals surface area contributed by atoms with E-state index in [9.17, 15) is 21.2 Å². The first-order valence-electron chi connectivity index (χ1n) is 7.03. The smallest absolute Gasteiger partial charge is 0.241 e. The Morgan fingerprint density at radius 1 is 1.08 bits per heavy atom. The van der Waals surface area contributed by atoms with Gasteiger partial charge in [0.2, 0.25) is 20.0 Å². The van der Waals surface area contributed by atoms with Crippen LogP contribution in [-0.2, 0) is 20.0 Å². The molecule has 0 amide bonds. The van der Waals surface area contributed by atoms with Crippen molar-refractivity contribution in [3.05, 3.63) is 53.8 Å². The Labute approximate surface area is 145 Å². The highest BCUT2D eigenvalue weighted by atomic mass is 32.2. The Kier molecular flexibility index (Phi) is 5.47. The summed E-state index contributed by atoms with van der Waals surface area (Å²) in [6.07, 6.45) is 0. The predicted octanol–water partition coefficient (Wildman–Crippen LogP) is 1.52. The summed E-state index contributed by atoms with van der Waals surface area (Å²) in [7, 11) is -6.76. The van der Waals surface area contributed by atoms with E-state index < -0.39 is 31.9 Å². The highest BCUT2D eigenvalue weighted by molar-refractivity contribution is 7.90. The molecule has 0 saturated carbocycles. The van der Waals surface area contributed by atoms with E-state index in [-0.39, 0.29) is 15.5 Å². The summed E-state index contributed by atoms with van der Waals surface area (Å²) in [6.45, 7) is 1.53. The molecule has 0 aliphatic carbocycles. The molecule has 10 heteroatoms. The first-order valence-corrected chi connectivity index (χ1v) is 10.1. The number of benzene rings is 2. The number of primary sulfonamides is 1. The van der Waals surface area contributed by atoms with Gasteiger partial charge in [0.1, 0.15) is 0 Å². The lowest BCUT2D eigenvalue weighted by molar-refractivity contribution is 0.386. The van der Waals surface area contributed by atoms with Crippen LogP contribution in [0, 0.1) is 5.82 Å². The number of nitrogens with one attached hydrogen (secondary N) is 1. The first kappa shape index (κ1) is 19.3. The fourth-order valence-corrected chi connectivity index (χ4v) is 4.05. The van der Waals surface area contributed by atoms with E-state index in [2.05, 4.69) is 4.72 Å². The van der Waals surface area contributed by atoms with E-state index in [0.29, 0.717) is 5.56 Å². The number of ether oxygens (including phenoxy) is 1. The number of hydrogen-bond acceptors (Lipinski definition) is 5.